The third-order valence-corrected chi connectivity index (χ3v) is 4.87. The van der Waals surface area contributed by atoms with Crippen LogP contribution in [0.3, 0.4) is 0 Å². The van der Waals surface area contributed by atoms with Crippen LogP contribution in [0.4, 0.5) is 4.39 Å². The van der Waals surface area contributed by atoms with Crippen LogP contribution in [0.15, 0.2) is 10.5 Å². The number of halogens is 2. The molecule has 1 aromatic carbocycles. The molecule has 0 heterocycles. The summed E-state index contributed by atoms with van der Waals surface area (Å²) in [4.78, 5) is 11.8. The number of hydrogen-bond donors (Lipinski definition) is 2. The Morgan fingerprint density at radius 3 is 2.47 bits per heavy atom. The molecule has 104 valence electrons. The molecular weight excluding hydrogens is 315 g/mol. The Morgan fingerprint density at radius 1 is 1.37 bits per heavy atom. The first-order chi connectivity index (χ1) is 8.90. The third kappa shape index (κ3) is 2.24. The second-order valence-electron chi connectivity index (χ2n) is 5.14. The molecule has 0 aliphatic heterocycles. The molecule has 1 fully saturated rings. The molecule has 0 radical (unpaired) electrons. The van der Waals surface area contributed by atoms with Crippen molar-refractivity contribution in [1.29, 1.82) is 0 Å². The van der Waals surface area contributed by atoms with Crippen LogP contribution in [0.1, 0.15) is 43.2 Å². The summed E-state index contributed by atoms with van der Waals surface area (Å²) in [6.45, 7) is 1.71. The van der Waals surface area contributed by atoms with E-state index in [1.54, 1.807) is 6.92 Å². The van der Waals surface area contributed by atoms with Crippen molar-refractivity contribution < 1.29 is 19.4 Å². The molecular formula is C14H16BrFO3. The minimum atomic E-state index is -1.17. The summed E-state index contributed by atoms with van der Waals surface area (Å²) < 4.78 is 14.2. The lowest BCUT2D eigenvalue weighted by molar-refractivity contribution is -0.145. The van der Waals surface area contributed by atoms with E-state index in [1.165, 1.54) is 6.07 Å². The highest BCUT2D eigenvalue weighted by Gasteiger charge is 2.45. The van der Waals surface area contributed by atoms with E-state index in [9.17, 15) is 19.4 Å². The van der Waals surface area contributed by atoms with Gasteiger partial charge in [0.05, 0.1) is 5.41 Å². The summed E-state index contributed by atoms with van der Waals surface area (Å²) in [5, 5.41) is 19.6. The lowest BCUT2D eigenvalue weighted by atomic mass is 9.68. The number of aromatic hydroxyl groups is 1. The van der Waals surface area contributed by atoms with Crippen molar-refractivity contribution in [2.75, 3.05) is 0 Å². The molecule has 0 amide bonds. The summed E-state index contributed by atoms with van der Waals surface area (Å²) in [6, 6.07) is 1.17. The molecule has 0 saturated heterocycles. The third-order valence-electron chi connectivity index (χ3n) is 4.04. The fraction of sp³-hybridized carbons (Fsp3) is 0.500. The minimum Gasteiger partial charge on any atom is -0.505 e. The second kappa shape index (κ2) is 5.12. The van der Waals surface area contributed by atoms with Crippen molar-refractivity contribution in [1.82, 2.24) is 0 Å². The normalized spacial score (nSPS) is 18.3. The lowest BCUT2D eigenvalue weighted by Crippen LogP contribution is -2.38. The van der Waals surface area contributed by atoms with Crippen LogP contribution in [-0.2, 0) is 10.2 Å². The fourth-order valence-electron chi connectivity index (χ4n) is 3.02. The predicted octanol–water partition coefficient (Wildman–Crippen LogP) is 3.89. The maximum absolute atomic E-state index is 13.7. The molecule has 19 heavy (non-hydrogen) atoms. The molecule has 0 aromatic heterocycles. The van der Waals surface area contributed by atoms with Gasteiger partial charge in [-0.15, -0.1) is 0 Å². The summed E-state index contributed by atoms with van der Waals surface area (Å²) in [5.41, 5.74) is -0.341. The molecule has 1 aliphatic rings. The van der Waals surface area contributed by atoms with Crippen LogP contribution < -0.4 is 0 Å². The van der Waals surface area contributed by atoms with Crippen molar-refractivity contribution in [2.24, 2.45) is 0 Å². The quantitative estimate of drug-likeness (QED) is 0.864. The molecule has 0 spiro atoms. The number of phenols is 1. The molecule has 1 aromatic rings. The fourth-order valence-corrected chi connectivity index (χ4v) is 3.42. The van der Waals surface area contributed by atoms with Crippen LogP contribution in [0, 0.1) is 12.7 Å². The maximum atomic E-state index is 13.7. The van der Waals surface area contributed by atoms with Gasteiger partial charge >= 0.3 is 5.97 Å². The number of benzene rings is 1. The van der Waals surface area contributed by atoms with Gasteiger partial charge in [-0.25, -0.2) is 4.39 Å². The lowest BCUT2D eigenvalue weighted by Gasteiger charge is -2.35. The van der Waals surface area contributed by atoms with E-state index in [4.69, 9.17) is 0 Å². The standard InChI is InChI=1S/C14H16BrFO3/c1-8-9(15)7-10(16)12(17)11(8)14(13(18)19)5-3-2-4-6-14/h7,17H,2-6H2,1H3,(H,18,19). The van der Waals surface area contributed by atoms with Crippen molar-refractivity contribution in [2.45, 2.75) is 44.4 Å². The van der Waals surface area contributed by atoms with E-state index in [-0.39, 0.29) is 5.56 Å². The molecule has 2 N–H and O–H groups in total. The first kappa shape index (κ1) is 14.3. The number of phenolic OH excluding ortho intramolecular Hbond substituents is 1. The van der Waals surface area contributed by atoms with Gasteiger partial charge in [-0.05, 0) is 31.4 Å². The SMILES string of the molecule is Cc1c(Br)cc(F)c(O)c1C1(C(=O)O)CCCCC1. The van der Waals surface area contributed by atoms with Crippen LogP contribution in [-0.4, -0.2) is 16.2 Å². The van der Waals surface area contributed by atoms with Gasteiger partial charge in [0.1, 0.15) is 0 Å². The molecule has 0 unspecified atom stereocenters. The van der Waals surface area contributed by atoms with Crippen molar-refractivity contribution in [3.63, 3.8) is 0 Å². The van der Waals surface area contributed by atoms with Crippen molar-refractivity contribution in [3.8, 4) is 5.75 Å². The molecule has 2 rings (SSSR count). The predicted molar refractivity (Wildman–Crippen MR) is 72.9 cm³/mol. The van der Waals surface area contributed by atoms with Gasteiger partial charge < -0.3 is 10.2 Å². The smallest absolute Gasteiger partial charge is 0.314 e. The Labute approximate surface area is 119 Å². The minimum absolute atomic E-state index is 0.228. The Bertz CT molecular complexity index is 496. The Morgan fingerprint density at radius 2 is 1.95 bits per heavy atom. The zero-order valence-corrected chi connectivity index (χ0v) is 12.3. The zero-order chi connectivity index (χ0) is 14.2. The van der Waals surface area contributed by atoms with Gasteiger partial charge in [-0.3, -0.25) is 4.79 Å². The highest BCUT2D eigenvalue weighted by molar-refractivity contribution is 9.10. The molecule has 0 bridgehead atoms. The maximum Gasteiger partial charge on any atom is 0.314 e. The van der Waals surface area contributed by atoms with E-state index in [0.717, 1.165) is 19.3 Å². The Kier molecular flexibility index (Phi) is 3.85. The monoisotopic (exact) mass is 330 g/mol. The zero-order valence-electron chi connectivity index (χ0n) is 10.7. The summed E-state index contributed by atoms with van der Waals surface area (Å²) in [5.74, 6) is -2.29. The summed E-state index contributed by atoms with van der Waals surface area (Å²) >= 11 is 3.23. The topological polar surface area (TPSA) is 57.5 Å². The van der Waals surface area contributed by atoms with Gasteiger partial charge in [0.25, 0.3) is 0 Å². The van der Waals surface area contributed by atoms with E-state index in [2.05, 4.69) is 15.9 Å². The van der Waals surface area contributed by atoms with E-state index < -0.39 is 23.0 Å². The molecule has 1 aliphatic carbocycles. The van der Waals surface area contributed by atoms with Crippen LogP contribution in [0.25, 0.3) is 0 Å². The second-order valence-corrected chi connectivity index (χ2v) is 5.99. The van der Waals surface area contributed by atoms with Crippen molar-refractivity contribution >= 4 is 21.9 Å². The highest BCUT2D eigenvalue weighted by atomic mass is 79.9. The average Bonchev–Trinajstić information content (AvgIpc) is 2.37. The first-order valence-corrected chi connectivity index (χ1v) is 7.11. The number of carbonyl (C=O) groups is 1. The van der Waals surface area contributed by atoms with Gasteiger partial charge in [-0.2, -0.15) is 0 Å². The number of rotatable bonds is 2. The number of aliphatic carboxylic acids is 1. The average molecular weight is 331 g/mol. The van der Waals surface area contributed by atoms with E-state index in [1.807, 2.05) is 0 Å². The molecule has 3 nitrogen and oxygen atoms in total. The first-order valence-electron chi connectivity index (χ1n) is 6.31. The van der Waals surface area contributed by atoms with Gasteiger partial charge in [-0.1, -0.05) is 35.2 Å². The van der Waals surface area contributed by atoms with Crippen LogP contribution in [0.2, 0.25) is 0 Å². The number of carboxylic acids is 1. The molecule has 1 saturated carbocycles. The molecule has 5 heteroatoms. The largest absolute Gasteiger partial charge is 0.505 e. The van der Waals surface area contributed by atoms with E-state index >= 15 is 0 Å². The van der Waals surface area contributed by atoms with Crippen LogP contribution >= 0.6 is 15.9 Å². The van der Waals surface area contributed by atoms with Gasteiger partial charge in [0.15, 0.2) is 11.6 Å². The van der Waals surface area contributed by atoms with Crippen molar-refractivity contribution in [3.05, 3.63) is 27.5 Å². The Balaban J connectivity index is 2.70. The molecule has 0 atom stereocenters. The van der Waals surface area contributed by atoms with Crippen LogP contribution in [0.5, 0.6) is 5.75 Å². The van der Waals surface area contributed by atoms with E-state index in [0.29, 0.717) is 22.9 Å². The number of carboxylic acid groups (broad SMARTS) is 1. The summed E-state index contributed by atoms with van der Waals surface area (Å²) in [6.07, 6.45) is 3.41. The van der Waals surface area contributed by atoms with Gasteiger partial charge in [0.2, 0.25) is 0 Å². The summed E-state index contributed by atoms with van der Waals surface area (Å²) in [7, 11) is 0. The Hall–Kier alpha value is -1.10. The highest BCUT2D eigenvalue weighted by Crippen LogP contribution is 2.47. The van der Waals surface area contributed by atoms with Gasteiger partial charge in [0, 0.05) is 10.0 Å². The number of hydrogen-bond acceptors (Lipinski definition) is 2.